The second-order valence-corrected chi connectivity index (χ2v) is 6.33. The van der Waals surface area contributed by atoms with Crippen LogP contribution in [-0.2, 0) is 5.41 Å². The van der Waals surface area contributed by atoms with Crippen LogP contribution >= 0.6 is 0 Å². The van der Waals surface area contributed by atoms with Crippen molar-refractivity contribution in [3.63, 3.8) is 0 Å². The molecule has 0 saturated heterocycles. The van der Waals surface area contributed by atoms with Gasteiger partial charge in [0.1, 0.15) is 17.2 Å². The van der Waals surface area contributed by atoms with Gasteiger partial charge in [-0.15, -0.1) is 0 Å². The summed E-state index contributed by atoms with van der Waals surface area (Å²) in [4.78, 5) is 4.35. The molecule has 2 rings (SSSR count). The summed E-state index contributed by atoms with van der Waals surface area (Å²) >= 11 is 0. The fourth-order valence-corrected chi connectivity index (χ4v) is 2.17. The minimum atomic E-state index is 0.0191. The summed E-state index contributed by atoms with van der Waals surface area (Å²) in [6, 6.07) is 13.3. The maximum absolute atomic E-state index is 9.94. The van der Waals surface area contributed by atoms with Gasteiger partial charge in [-0.25, -0.2) is 0 Å². The van der Waals surface area contributed by atoms with Gasteiger partial charge in [0, 0.05) is 11.8 Å². The third-order valence-corrected chi connectivity index (χ3v) is 3.56. The van der Waals surface area contributed by atoms with Crippen molar-refractivity contribution in [1.82, 2.24) is 0 Å². The van der Waals surface area contributed by atoms with E-state index in [4.69, 9.17) is 4.74 Å². The number of aliphatic imine (C=N–C) groups is 1. The third-order valence-electron chi connectivity index (χ3n) is 3.56. The number of hydrogen-bond donors (Lipinski definition) is 1. The van der Waals surface area contributed by atoms with Crippen LogP contribution in [0.25, 0.3) is 6.08 Å². The number of methoxy groups -OCH3 is 1. The van der Waals surface area contributed by atoms with Crippen LogP contribution in [0, 0.1) is 0 Å². The monoisotopic (exact) mass is 309 g/mol. The Bertz CT molecular complexity index is 725. The maximum atomic E-state index is 9.94. The molecule has 0 aliphatic carbocycles. The molecular formula is C20H23NO2. The van der Waals surface area contributed by atoms with Crippen molar-refractivity contribution in [2.24, 2.45) is 4.99 Å². The Balaban J connectivity index is 2.19. The number of hydrogen-bond acceptors (Lipinski definition) is 3. The minimum Gasteiger partial charge on any atom is -0.506 e. The van der Waals surface area contributed by atoms with Crippen molar-refractivity contribution in [1.29, 1.82) is 0 Å². The van der Waals surface area contributed by atoms with Crippen LogP contribution in [0.3, 0.4) is 0 Å². The van der Waals surface area contributed by atoms with E-state index in [1.54, 1.807) is 19.4 Å². The van der Waals surface area contributed by atoms with Gasteiger partial charge >= 0.3 is 0 Å². The molecule has 0 amide bonds. The van der Waals surface area contributed by atoms with Gasteiger partial charge in [-0.1, -0.05) is 45.0 Å². The van der Waals surface area contributed by atoms with Crippen LogP contribution in [0.5, 0.6) is 11.5 Å². The van der Waals surface area contributed by atoms with Gasteiger partial charge in [-0.3, -0.25) is 4.99 Å². The zero-order valence-corrected chi connectivity index (χ0v) is 14.1. The minimum absolute atomic E-state index is 0.0191. The summed E-state index contributed by atoms with van der Waals surface area (Å²) in [6.07, 6.45) is 5.43. The molecule has 0 saturated carbocycles. The van der Waals surface area contributed by atoms with Crippen molar-refractivity contribution in [3.05, 3.63) is 59.7 Å². The van der Waals surface area contributed by atoms with Crippen molar-refractivity contribution >= 4 is 18.0 Å². The number of benzene rings is 2. The summed E-state index contributed by atoms with van der Waals surface area (Å²) in [5.74, 6) is 0.995. The number of nitrogens with zero attached hydrogens (tertiary/aromatic N) is 1. The molecule has 120 valence electrons. The van der Waals surface area contributed by atoms with Gasteiger partial charge in [0.05, 0.1) is 7.11 Å². The molecule has 1 N–H and O–H groups in total. The Morgan fingerprint density at radius 3 is 2.52 bits per heavy atom. The van der Waals surface area contributed by atoms with Gasteiger partial charge in [0.25, 0.3) is 0 Å². The molecule has 2 aromatic carbocycles. The molecule has 0 fully saturated rings. The first-order chi connectivity index (χ1) is 10.9. The van der Waals surface area contributed by atoms with E-state index >= 15 is 0 Å². The molecule has 23 heavy (non-hydrogen) atoms. The summed E-state index contributed by atoms with van der Waals surface area (Å²) in [7, 11) is 1.65. The van der Waals surface area contributed by atoms with E-state index in [1.807, 2.05) is 48.6 Å². The number of phenolic OH excluding ortho intramolecular Hbond substituents is 1. The molecule has 0 aliphatic heterocycles. The van der Waals surface area contributed by atoms with Crippen molar-refractivity contribution in [3.8, 4) is 11.5 Å². The van der Waals surface area contributed by atoms with E-state index in [2.05, 4.69) is 25.8 Å². The Morgan fingerprint density at radius 1 is 1.09 bits per heavy atom. The highest BCUT2D eigenvalue weighted by Gasteiger charge is 2.14. The van der Waals surface area contributed by atoms with Crippen LogP contribution < -0.4 is 4.74 Å². The lowest BCUT2D eigenvalue weighted by Crippen LogP contribution is -2.10. The molecule has 3 heteroatoms. The predicted molar refractivity (Wildman–Crippen MR) is 97.0 cm³/mol. The standard InChI is InChI=1S/C20H23NO2/c1-20(2,3)16-11-12-18(22)17(14-16)21-13-7-9-15-8-5-6-10-19(15)23-4/h5-14,22H,1-4H3/b9-7+,21-13?. The molecule has 0 aromatic heterocycles. The van der Waals surface area contributed by atoms with Gasteiger partial charge < -0.3 is 9.84 Å². The van der Waals surface area contributed by atoms with Crippen molar-refractivity contribution in [2.45, 2.75) is 26.2 Å². The van der Waals surface area contributed by atoms with E-state index < -0.39 is 0 Å². The molecule has 0 aliphatic rings. The van der Waals surface area contributed by atoms with Crippen molar-refractivity contribution in [2.75, 3.05) is 7.11 Å². The molecule has 0 heterocycles. The lowest BCUT2D eigenvalue weighted by atomic mass is 9.87. The number of ether oxygens (including phenoxy) is 1. The first kappa shape index (κ1) is 16.8. The number of rotatable bonds is 4. The highest BCUT2D eigenvalue weighted by molar-refractivity contribution is 5.82. The predicted octanol–water partition coefficient (Wildman–Crippen LogP) is 5.11. The summed E-state index contributed by atoms with van der Waals surface area (Å²) in [6.45, 7) is 6.40. The fourth-order valence-electron chi connectivity index (χ4n) is 2.17. The Labute approximate surface area is 138 Å². The highest BCUT2D eigenvalue weighted by Crippen LogP contribution is 2.32. The topological polar surface area (TPSA) is 41.8 Å². The summed E-state index contributed by atoms with van der Waals surface area (Å²) in [5, 5.41) is 9.94. The fraction of sp³-hybridized carbons (Fsp3) is 0.250. The number of phenols is 1. The lowest BCUT2D eigenvalue weighted by molar-refractivity contribution is 0.414. The van der Waals surface area contributed by atoms with Gasteiger partial charge in [0.2, 0.25) is 0 Å². The average Bonchev–Trinajstić information content (AvgIpc) is 2.52. The highest BCUT2D eigenvalue weighted by atomic mass is 16.5. The third kappa shape index (κ3) is 4.46. The summed E-state index contributed by atoms with van der Waals surface area (Å²) in [5.41, 5.74) is 2.71. The number of para-hydroxylation sites is 1. The SMILES string of the molecule is COc1ccccc1/C=C/C=Nc1cc(C(C)(C)C)ccc1O. The van der Waals surface area contributed by atoms with E-state index in [1.165, 1.54) is 0 Å². The molecule has 2 aromatic rings. The Hall–Kier alpha value is -2.55. The normalized spacial score (nSPS) is 12.2. The Morgan fingerprint density at radius 2 is 1.83 bits per heavy atom. The van der Waals surface area contributed by atoms with Crippen LogP contribution in [0.15, 0.2) is 53.5 Å². The zero-order valence-electron chi connectivity index (χ0n) is 14.1. The second kappa shape index (κ2) is 7.14. The average molecular weight is 309 g/mol. The van der Waals surface area contributed by atoms with Gasteiger partial charge in [0.15, 0.2) is 0 Å². The molecule has 0 bridgehead atoms. The maximum Gasteiger partial charge on any atom is 0.141 e. The molecule has 0 spiro atoms. The van der Waals surface area contributed by atoms with Crippen LogP contribution in [0.4, 0.5) is 5.69 Å². The largest absolute Gasteiger partial charge is 0.506 e. The van der Waals surface area contributed by atoms with Crippen LogP contribution in [0.1, 0.15) is 31.9 Å². The number of allylic oxidation sites excluding steroid dienone is 1. The lowest BCUT2D eigenvalue weighted by Gasteiger charge is -2.19. The zero-order chi connectivity index (χ0) is 16.9. The van der Waals surface area contributed by atoms with E-state index in [9.17, 15) is 5.11 Å². The van der Waals surface area contributed by atoms with Crippen molar-refractivity contribution < 1.29 is 9.84 Å². The molecule has 3 nitrogen and oxygen atoms in total. The second-order valence-electron chi connectivity index (χ2n) is 6.33. The van der Waals surface area contributed by atoms with E-state index in [0.29, 0.717) is 5.69 Å². The molecule has 0 unspecified atom stereocenters. The van der Waals surface area contributed by atoms with E-state index in [-0.39, 0.29) is 11.2 Å². The van der Waals surface area contributed by atoms with Crippen LogP contribution in [-0.4, -0.2) is 18.4 Å². The first-order valence-electron chi connectivity index (χ1n) is 7.59. The smallest absolute Gasteiger partial charge is 0.141 e. The van der Waals surface area contributed by atoms with Gasteiger partial charge in [-0.05, 0) is 41.3 Å². The van der Waals surface area contributed by atoms with Gasteiger partial charge in [-0.2, -0.15) is 0 Å². The first-order valence-corrected chi connectivity index (χ1v) is 7.59. The molecule has 0 atom stereocenters. The molecule has 0 radical (unpaired) electrons. The summed E-state index contributed by atoms with van der Waals surface area (Å²) < 4.78 is 5.30. The number of aromatic hydroxyl groups is 1. The van der Waals surface area contributed by atoms with Crippen LogP contribution in [0.2, 0.25) is 0 Å². The quantitative estimate of drug-likeness (QED) is 0.797. The Kier molecular flexibility index (Phi) is 5.22. The molecular weight excluding hydrogens is 286 g/mol. The van der Waals surface area contributed by atoms with E-state index in [0.717, 1.165) is 16.9 Å².